The molecule has 2 aromatic rings. The predicted molar refractivity (Wildman–Crippen MR) is 81.9 cm³/mol. The highest BCUT2D eigenvalue weighted by molar-refractivity contribution is 7.14. The van der Waals surface area contributed by atoms with Crippen molar-refractivity contribution in [1.29, 1.82) is 0 Å². The zero-order valence-electron chi connectivity index (χ0n) is 11.9. The van der Waals surface area contributed by atoms with Gasteiger partial charge >= 0.3 is 0 Å². The van der Waals surface area contributed by atoms with E-state index in [4.69, 9.17) is 15.2 Å². The molecule has 4 nitrogen and oxygen atoms in total. The lowest BCUT2D eigenvalue weighted by Gasteiger charge is -2.55. The van der Waals surface area contributed by atoms with E-state index in [1.807, 2.05) is 11.4 Å². The van der Waals surface area contributed by atoms with E-state index in [0.717, 1.165) is 34.1 Å². The molecule has 4 aliphatic carbocycles. The van der Waals surface area contributed by atoms with Gasteiger partial charge < -0.3 is 10.3 Å². The van der Waals surface area contributed by atoms with Crippen LogP contribution in [0.3, 0.4) is 0 Å². The van der Waals surface area contributed by atoms with Crippen molar-refractivity contribution in [3.63, 3.8) is 0 Å². The Hall–Kier alpha value is -1.36. The third-order valence-electron chi connectivity index (χ3n) is 5.86. The number of anilines is 1. The average Bonchev–Trinajstić information content (AvgIpc) is 3.05. The van der Waals surface area contributed by atoms with Crippen molar-refractivity contribution in [2.24, 2.45) is 17.8 Å². The molecule has 0 amide bonds. The van der Waals surface area contributed by atoms with Crippen molar-refractivity contribution < 1.29 is 4.52 Å². The second-order valence-corrected chi connectivity index (χ2v) is 8.27. The minimum atomic E-state index is 0.196. The Morgan fingerprint density at radius 1 is 1.14 bits per heavy atom. The summed E-state index contributed by atoms with van der Waals surface area (Å²) in [7, 11) is 0. The molecular weight excluding hydrogens is 282 g/mol. The maximum Gasteiger partial charge on any atom is 0.260 e. The highest BCUT2D eigenvalue weighted by Gasteiger charge is 2.53. The molecule has 6 rings (SSSR count). The maximum absolute atomic E-state index is 5.98. The average molecular weight is 301 g/mol. The van der Waals surface area contributed by atoms with Crippen molar-refractivity contribution in [3.8, 4) is 11.5 Å². The molecule has 0 aliphatic heterocycles. The lowest BCUT2D eigenvalue weighted by Crippen LogP contribution is -2.49. The van der Waals surface area contributed by atoms with Gasteiger partial charge in [-0.2, -0.15) is 4.98 Å². The van der Waals surface area contributed by atoms with Crippen LogP contribution in [0.2, 0.25) is 0 Å². The van der Waals surface area contributed by atoms with Gasteiger partial charge in [-0.05, 0) is 67.7 Å². The first kappa shape index (κ1) is 12.2. The summed E-state index contributed by atoms with van der Waals surface area (Å²) in [5.41, 5.74) is 7.07. The van der Waals surface area contributed by atoms with E-state index in [-0.39, 0.29) is 5.41 Å². The number of hydrogen-bond donors (Lipinski definition) is 1. The van der Waals surface area contributed by atoms with E-state index in [9.17, 15) is 0 Å². The van der Waals surface area contributed by atoms with E-state index in [0.29, 0.717) is 5.89 Å². The van der Waals surface area contributed by atoms with Crippen LogP contribution in [-0.4, -0.2) is 10.1 Å². The Morgan fingerprint density at radius 2 is 1.81 bits per heavy atom. The molecule has 110 valence electrons. The Kier molecular flexibility index (Phi) is 2.38. The molecule has 5 heteroatoms. The topological polar surface area (TPSA) is 64.9 Å². The van der Waals surface area contributed by atoms with Crippen LogP contribution in [0.1, 0.15) is 44.3 Å². The van der Waals surface area contributed by atoms with Crippen molar-refractivity contribution >= 4 is 16.3 Å². The molecule has 0 atom stereocenters. The fourth-order valence-electron chi connectivity index (χ4n) is 5.43. The molecule has 21 heavy (non-hydrogen) atoms. The van der Waals surface area contributed by atoms with E-state index < -0.39 is 0 Å². The second kappa shape index (κ2) is 4.09. The van der Waals surface area contributed by atoms with E-state index in [1.54, 1.807) is 0 Å². The van der Waals surface area contributed by atoms with E-state index in [1.165, 1.54) is 49.9 Å². The first-order valence-electron chi connectivity index (χ1n) is 7.89. The smallest absolute Gasteiger partial charge is 0.260 e. The Morgan fingerprint density at radius 3 is 2.38 bits per heavy atom. The van der Waals surface area contributed by atoms with Crippen molar-refractivity contribution in [1.82, 2.24) is 10.1 Å². The van der Waals surface area contributed by atoms with E-state index >= 15 is 0 Å². The van der Waals surface area contributed by atoms with Gasteiger partial charge in [0, 0.05) is 5.41 Å². The van der Waals surface area contributed by atoms with Gasteiger partial charge in [0.15, 0.2) is 5.82 Å². The zero-order chi connectivity index (χ0) is 14.0. The third-order valence-corrected chi connectivity index (χ3v) is 6.61. The van der Waals surface area contributed by atoms with Gasteiger partial charge in [-0.1, -0.05) is 5.16 Å². The van der Waals surface area contributed by atoms with Crippen molar-refractivity contribution in [2.75, 3.05) is 5.73 Å². The number of hydrogen-bond acceptors (Lipinski definition) is 5. The number of aromatic nitrogens is 2. The summed E-state index contributed by atoms with van der Waals surface area (Å²) in [5, 5.41) is 7.10. The van der Waals surface area contributed by atoms with Crippen molar-refractivity contribution in [2.45, 2.75) is 43.9 Å². The maximum atomic E-state index is 5.98. The summed E-state index contributed by atoms with van der Waals surface area (Å²) >= 11 is 1.52. The van der Waals surface area contributed by atoms with Gasteiger partial charge in [0.2, 0.25) is 0 Å². The minimum Gasteiger partial charge on any atom is -0.390 e. The number of thiophene rings is 1. The Balaban J connectivity index is 1.54. The quantitative estimate of drug-likeness (QED) is 0.915. The summed E-state index contributed by atoms with van der Waals surface area (Å²) in [6.45, 7) is 0. The highest BCUT2D eigenvalue weighted by Crippen LogP contribution is 2.60. The normalized spacial score (nSPS) is 37.2. The summed E-state index contributed by atoms with van der Waals surface area (Å²) in [6, 6.07) is 1.97. The first-order valence-corrected chi connectivity index (χ1v) is 8.77. The second-order valence-electron chi connectivity index (χ2n) is 7.32. The molecule has 4 bridgehead atoms. The SMILES string of the molecule is Nc1sccc1-c1nc(C23CC4CC(CC(C4)C2)C3)no1. The van der Waals surface area contributed by atoms with Gasteiger partial charge in [0.05, 0.1) is 10.6 Å². The molecular formula is C16H19N3OS. The summed E-state index contributed by atoms with van der Waals surface area (Å²) in [5.74, 6) is 4.22. The van der Waals surface area contributed by atoms with Crippen LogP contribution in [0.15, 0.2) is 16.0 Å². The largest absolute Gasteiger partial charge is 0.390 e. The van der Waals surface area contributed by atoms with Gasteiger partial charge in [0.25, 0.3) is 5.89 Å². The molecule has 2 N–H and O–H groups in total. The van der Waals surface area contributed by atoms with Gasteiger partial charge in [0.1, 0.15) is 0 Å². The molecule has 4 fully saturated rings. The Bertz CT molecular complexity index is 654. The number of nitrogens with zero attached hydrogens (tertiary/aromatic N) is 2. The van der Waals surface area contributed by atoms with Crippen LogP contribution in [0.5, 0.6) is 0 Å². The lowest BCUT2D eigenvalue weighted by atomic mass is 9.49. The number of nitrogens with two attached hydrogens (primary N) is 1. The van der Waals surface area contributed by atoms with Crippen LogP contribution in [0, 0.1) is 17.8 Å². The molecule has 0 aromatic carbocycles. The number of nitrogen functional groups attached to an aromatic ring is 1. The van der Waals surface area contributed by atoms with Gasteiger partial charge in [-0.15, -0.1) is 11.3 Å². The monoisotopic (exact) mass is 301 g/mol. The Labute approximate surface area is 127 Å². The molecule has 0 unspecified atom stereocenters. The summed E-state index contributed by atoms with van der Waals surface area (Å²) in [6.07, 6.45) is 8.08. The molecule has 2 heterocycles. The van der Waals surface area contributed by atoms with Crippen molar-refractivity contribution in [3.05, 3.63) is 17.3 Å². The highest BCUT2D eigenvalue weighted by atomic mass is 32.1. The summed E-state index contributed by atoms with van der Waals surface area (Å²) in [4.78, 5) is 4.75. The standard InChI is InChI=1S/C16H19N3OS/c17-13-12(1-2-21-13)14-18-15(19-20-14)16-6-9-3-10(7-16)5-11(4-9)8-16/h1-2,9-11H,3-8,17H2. The van der Waals surface area contributed by atoms with Crippen LogP contribution in [0.4, 0.5) is 5.00 Å². The van der Waals surface area contributed by atoms with Crippen LogP contribution < -0.4 is 5.73 Å². The minimum absolute atomic E-state index is 0.196. The fraction of sp³-hybridized carbons (Fsp3) is 0.625. The molecule has 0 saturated heterocycles. The first-order chi connectivity index (χ1) is 10.2. The zero-order valence-corrected chi connectivity index (χ0v) is 12.7. The number of rotatable bonds is 2. The van der Waals surface area contributed by atoms with Gasteiger partial charge in [-0.25, -0.2) is 0 Å². The molecule has 4 saturated carbocycles. The molecule has 0 spiro atoms. The molecule has 2 aromatic heterocycles. The third kappa shape index (κ3) is 1.73. The molecule has 4 aliphatic rings. The van der Waals surface area contributed by atoms with Crippen LogP contribution in [0.25, 0.3) is 11.5 Å². The van der Waals surface area contributed by atoms with E-state index in [2.05, 4.69) is 5.16 Å². The predicted octanol–water partition coefficient (Wildman–Crippen LogP) is 3.85. The van der Waals surface area contributed by atoms with Crippen LogP contribution in [-0.2, 0) is 5.41 Å². The van der Waals surface area contributed by atoms with Gasteiger partial charge in [-0.3, -0.25) is 0 Å². The van der Waals surface area contributed by atoms with Crippen LogP contribution >= 0.6 is 11.3 Å². The molecule has 0 radical (unpaired) electrons. The fourth-order valence-corrected chi connectivity index (χ4v) is 6.06. The lowest BCUT2D eigenvalue weighted by molar-refractivity contribution is -0.0103. The summed E-state index contributed by atoms with van der Waals surface area (Å²) < 4.78 is 5.54.